The molecular formula is C10H14N2O4S2. The molecular weight excluding hydrogens is 276 g/mol. The smallest absolute Gasteiger partial charge is 0.311 e. The Balaban J connectivity index is 2.00. The van der Waals surface area contributed by atoms with Crippen molar-refractivity contribution in [2.75, 3.05) is 36.6 Å². The van der Waals surface area contributed by atoms with Gasteiger partial charge < -0.3 is 9.64 Å². The summed E-state index contributed by atoms with van der Waals surface area (Å²) < 4.78 is 27.2. The van der Waals surface area contributed by atoms with E-state index < -0.39 is 9.84 Å². The fraction of sp³-hybridized carbons (Fsp3) is 0.600. The molecule has 0 aromatic carbocycles. The minimum atomic E-state index is -2.88. The zero-order valence-electron chi connectivity index (χ0n) is 9.96. The van der Waals surface area contributed by atoms with Crippen LogP contribution in [0.4, 0.5) is 5.13 Å². The number of esters is 1. The summed E-state index contributed by atoms with van der Waals surface area (Å²) in [6.45, 7) is 0.932. The average Bonchev–Trinajstić information content (AvgIpc) is 2.77. The molecule has 0 N–H and O–H groups in total. The second-order valence-corrected chi connectivity index (χ2v) is 7.15. The van der Waals surface area contributed by atoms with Crippen LogP contribution in [0.15, 0.2) is 5.38 Å². The molecule has 1 aromatic rings. The van der Waals surface area contributed by atoms with Crippen molar-refractivity contribution in [2.45, 2.75) is 6.42 Å². The van der Waals surface area contributed by atoms with Gasteiger partial charge in [-0.1, -0.05) is 0 Å². The Morgan fingerprint density at radius 2 is 2.17 bits per heavy atom. The summed E-state index contributed by atoms with van der Waals surface area (Å²) >= 11 is 1.42. The van der Waals surface area contributed by atoms with E-state index in [9.17, 15) is 13.2 Å². The number of methoxy groups -OCH3 is 1. The first-order chi connectivity index (χ1) is 8.50. The van der Waals surface area contributed by atoms with Crippen LogP contribution < -0.4 is 4.90 Å². The first-order valence-electron chi connectivity index (χ1n) is 5.47. The van der Waals surface area contributed by atoms with Gasteiger partial charge in [0.1, 0.15) is 0 Å². The first kappa shape index (κ1) is 13.3. The van der Waals surface area contributed by atoms with Crippen LogP contribution in [0.5, 0.6) is 0 Å². The molecule has 1 aliphatic rings. The highest BCUT2D eigenvalue weighted by Gasteiger charge is 2.23. The van der Waals surface area contributed by atoms with Gasteiger partial charge in [-0.2, -0.15) is 0 Å². The Bertz CT molecular complexity index is 524. The van der Waals surface area contributed by atoms with Crippen LogP contribution in [0.25, 0.3) is 0 Å². The van der Waals surface area contributed by atoms with Crippen molar-refractivity contribution in [1.29, 1.82) is 0 Å². The van der Waals surface area contributed by atoms with E-state index in [1.54, 1.807) is 5.38 Å². The van der Waals surface area contributed by atoms with Gasteiger partial charge in [-0.25, -0.2) is 13.4 Å². The first-order valence-corrected chi connectivity index (χ1v) is 8.17. The summed E-state index contributed by atoms with van der Waals surface area (Å²) in [5, 5.41) is 2.57. The number of hydrogen-bond acceptors (Lipinski definition) is 7. The molecule has 0 saturated carbocycles. The number of carbonyl (C=O) groups is 1. The lowest BCUT2D eigenvalue weighted by Gasteiger charge is -2.25. The van der Waals surface area contributed by atoms with Gasteiger partial charge in [0.25, 0.3) is 0 Å². The highest BCUT2D eigenvalue weighted by molar-refractivity contribution is 7.91. The number of anilines is 1. The zero-order chi connectivity index (χ0) is 13.2. The monoisotopic (exact) mass is 290 g/mol. The molecule has 0 amide bonds. The zero-order valence-corrected chi connectivity index (χ0v) is 11.6. The highest BCUT2D eigenvalue weighted by atomic mass is 32.2. The van der Waals surface area contributed by atoms with Crippen LogP contribution in [0, 0.1) is 0 Å². The van der Waals surface area contributed by atoms with Crippen LogP contribution in [0.3, 0.4) is 0 Å². The summed E-state index contributed by atoms with van der Waals surface area (Å²) in [5.74, 6) is 0.00532. The summed E-state index contributed by atoms with van der Waals surface area (Å²) in [6.07, 6.45) is 0.152. The molecule has 1 aliphatic heterocycles. The number of carbonyl (C=O) groups excluding carboxylic acids is 1. The lowest BCUT2D eigenvalue weighted by molar-refractivity contribution is -0.139. The molecule has 0 unspecified atom stereocenters. The van der Waals surface area contributed by atoms with Gasteiger partial charge in [0.05, 0.1) is 30.7 Å². The summed E-state index contributed by atoms with van der Waals surface area (Å²) in [5.41, 5.74) is 0.662. The standard InChI is InChI=1S/C10H14N2O4S2/c1-16-9(13)6-8-7-17-10(11-8)12-2-4-18(14,15)5-3-12/h7H,2-6H2,1H3. The van der Waals surface area contributed by atoms with Gasteiger partial charge in [-0.05, 0) is 0 Å². The summed E-state index contributed by atoms with van der Waals surface area (Å²) in [6, 6.07) is 0. The van der Waals surface area contributed by atoms with Crippen molar-refractivity contribution in [3.8, 4) is 0 Å². The lowest BCUT2D eigenvalue weighted by Crippen LogP contribution is -2.40. The molecule has 0 radical (unpaired) electrons. The van der Waals surface area contributed by atoms with Crippen LogP contribution in [0.2, 0.25) is 0 Å². The van der Waals surface area contributed by atoms with E-state index in [1.807, 2.05) is 4.90 Å². The largest absolute Gasteiger partial charge is 0.469 e. The summed E-state index contributed by atoms with van der Waals surface area (Å²) in [4.78, 5) is 17.4. The van der Waals surface area contributed by atoms with Crippen LogP contribution in [-0.4, -0.2) is 51.1 Å². The number of aromatic nitrogens is 1. The number of nitrogens with zero attached hydrogens (tertiary/aromatic N) is 2. The summed E-state index contributed by atoms with van der Waals surface area (Å²) in [7, 11) is -1.54. The number of sulfone groups is 1. The minimum absolute atomic E-state index is 0.152. The van der Waals surface area contributed by atoms with Crippen LogP contribution >= 0.6 is 11.3 Å². The van der Waals surface area contributed by atoms with Gasteiger partial charge in [0.2, 0.25) is 0 Å². The molecule has 100 valence electrons. The van der Waals surface area contributed by atoms with Gasteiger partial charge in [-0.3, -0.25) is 4.79 Å². The maximum absolute atomic E-state index is 11.3. The third kappa shape index (κ3) is 3.20. The fourth-order valence-corrected chi connectivity index (χ4v) is 3.73. The Labute approximate surface area is 110 Å². The third-order valence-electron chi connectivity index (χ3n) is 2.71. The van der Waals surface area contributed by atoms with Gasteiger partial charge >= 0.3 is 5.97 Å². The molecule has 1 fully saturated rings. The number of hydrogen-bond donors (Lipinski definition) is 0. The van der Waals surface area contributed by atoms with E-state index in [2.05, 4.69) is 9.72 Å². The van der Waals surface area contributed by atoms with E-state index in [1.165, 1.54) is 18.4 Å². The Hall–Kier alpha value is -1.15. The Morgan fingerprint density at radius 1 is 1.50 bits per heavy atom. The Morgan fingerprint density at radius 3 is 2.78 bits per heavy atom. The van der Waals surface area contributed by atoms with E-state index >= 15 is 0 Å². The lowest BCUT2D eigenvalue weighted by atomic mass is 10.3. The maximum atomic E-state index is 11.3. The molecule has 0 aliphatic carbocycles. The quantitative estimate of drug-likeness (QED) is 0.735. The van der Waals surface area contributed by atoms with E-state index in [4.69, 9.17) is 0 Å². The molecule has 0 bridgehead atoms. The predicted octanol–water partition coefficient (Wildman–Crippen LogP) is 0.0934. The molecule has 0 atom stereocenters. The molecule has 6 nitrogen and oxygen atoms in total. The Kier molecular flexibility index (Phi) is 3.86. The third-order valence-corrected chi connectivity index (χ3v) is 5.27. The fourth-order valence-electron chi connectivity index (χ4n) is 1.65. The van der Waals surface area contributed by atoms with E-state index in [-0.39, 0.29) is 23.9 Å². The van der Waals surface area contributed by atoms with Gasteiger partial charge in [-0.15, -0.1) is 11.3 Å². The number of rotatable bonds is 3. The molecule has 1 aromatic heterocycles. The van der Waals surface area contributed by atoms with Crippen LogP contribution in [-0.2, 0) is 25.8 Å². The average molecular weight is 290 g/mol. The van der Waals surface area contributed by atoms with Crippen molar-refractivity contribution < 1.29 is 17.9 Å². The van der Waals surface area contributed by atoms with Crippen molar-refractivity contribution >= 4 is 32.3 Å². The highest BCUT2D eigenvalue weighted by Crippen LogP contribution is 2.22. The predicted molar refractivity (Wildman–Crippen MR) is 68.7 cm³/mol. The van der Waals surface area contributed by atoms with E-state index in [0.29, 0.717) is 18.8 Å². The van der Waals surface area contributed by atoms with Crippen molar-refractivity contribution in [1.82, 2.24) is 4.98 Å². The van der Waals surface area contributed by atoms with Crippen molar-refractivity contribution in [2.24, 2.45) is 0 Å². The van der Waals surface area contributed by atoms with E-state index in [0.717, 1.165) is 5.13 Å². The van der Waals surface area contributed by atoms with Crippen molar-refractivity contribution in [3.05, 3.63) is 11.1 Å². The molecule has 8 heteroatoms. The second-order valence-electron chi connectivity index (χ2n) is 4.01. The molecule has 2 heterocycles. The van der Waals surface area contributed by atoms with Crippen LogP contribution in [0.1, 0.15) is 5.69 Å². The van der Waals surface area contributed by atoms with Gasteiger partial charge in [0.15, 0.2) is 15.0 Å². The number of thiazole rings is 1. The SMILES string of the molecule is COC(=O)Cc1csc(N2CCS(=O)(=O)CC2)n1. The normalized spacial score (nSPS) is 18.6. The molecule has 18 heavy (non-hydrogen) atoms. The molecule has 2 rings (SSSR count). The molecule has 0 spiro atoms. The second kappa shape index (κ2) is 5.23. The maximum Gasteiger partial charge on any atom is 0.311 e. The topological polar surface area (TPSA) is 76.6 Å². The minimum Gasteiger partial charge on any atom is -0.469 e. The van der Waals surface area contributed by atoms with Gasteiger partial charge in [0, 0.05) is 18.5 Å². The molecule has 1 saturated heterocycles. The number of ether oxygens (including phenoxy) is 1. The van der Waals surface area contributed by atoms with Crippen molar-refractivity contribution in [3.63, 3.8) is 0 Å².